The molecular weight excluding hydrogens is 302 g/mol. The molecule has 3 rings (SSSR count). The van der Waals surface area contributed by atoms with Crippen LogP contribution in [0.3, 0.4) is 0 Å². The van der Waals surface area contributed by atoms with Crippen molar-refractivity contribution >= 4 is 17.4 Å². The average Bonchev–Trinajstić information content (AvgIpc) is 3.12. The normalized spacial score (nSPS) is 13.8. The highest BCUT2D eigenvalue weighted by atomic mass is 16.5. The molecule has 1 aliphatic rings. The molecule has 1 amide bonds. The highest BCUT2D eigenvalue weighted by Gasteiger charge is 2.13. The summed E-state index contributed by atoms with van der Waals surface area (Å²) < 4.78 is 5.40. The van der Waals surface area contributed by atoms with Gasteiger partial charge in [-0.3, -0.25) is 4.79 Å². The van der Waals surface area contributed by atoms with E-state index in [2.05, 4.69) is 15.2 Å². The van der Waals surface area contributed by atoms with Crippen molar-refractivity contribution in [2.45, 2.75) is 26.2 Å². The van der Waals surface area contributed by atoms with Crippen molar-refractivity contribution in [1.82, 2.24) is 4.98 Å². The fraction of sp³-hybridized carbons (Fsp3) is 0.368. The largest absolute Gasteiger partial charge is 0.494 e. The highest BCUT2D eigenvalue weighted by Crippen LogP contribution is 2.19. The third-order valence-electron chi connectivity index (χ3n) is 4.06. The van der Waals surface area contributed by atoms with E-state index in [1.165, 1.54) is 12.8 Å². The zero-order valence-corrected chi connectivity index (χ0v) is 14.0. The molecule has 0 aliphatic carbocycles. The lowest BCUT2D eigenvalue weighted by Gasteiger charge is -2.16. The Labute approximate surface area is 142 Å². The van der Waals surface area contributed by atoms with Gasteiger partial charge in [0.15, 0.2) is 0 Å². The third kappa shape index (κ3) is 4.25. The quantitative estimate of drug-likeness (QED) is 0.886. The number of rotatable bonds is 6. The van der Waals surface area contributed by atoms with E-state index in [9.17, 15) is 4.79 Å². The van der Waals surface area contributed by atoms with Crippen molar-refractivity contribution in [3.63, 3.8) is 0 Å². The second kappa shape index (κ2) is 7.81. The first-order chi connectivity index (χ1) is 11.7. The molecule has 5 heteroatoms. The van der Waals surface area contributed by atoms with Crippen LogP contribution in [-0.2, 0) is 11.2 Å². The van der Waals surface area contributed by atoms with Crippen molar-refractivity contribution in [2.75, 3.05) is 29.9 Å². The molecule has 0 radical (unpaired) electrons. The van der Waals surface area contributed by atoms with E-state index in [4.69, 9.17) is 4.74 Å². The van der Waals surface area contributed by atoms with Crippen LogP contribution in [0.5, 0.6) is 5.75 Å². The Morgan fingerprint density at radius 1 is 1.17 bits per heavy atom. The maximum atomic E-state index is 12.2. The SMILES string of the molecule is CCOc1ccc(CC(=O)Nc2ccc(N3CCCC3)nc2)cc1. The molecule has 24 heavy (non-hydrogen) atoms. The molecule has 126 valence electrons. The Bertz CT molecular complexity index is 662. The molecule has 2 aromatic rings. The van der Waals surface area contributed by atoms with Gasteiger partial charge in [0, 0.05) is 13.1 Å². The number of hydrogen-bond donors (Lipinski definition) is 1. The number of ether oxygens (including phenoxy) is 1. The summed E-state index contributed by atoms with van der Waals surface area (Å²) in [6.45, 7) is 4.72. The topological polar surface area (TPSA) is 54.5 Å². The van der Waals surface area contributed by atoms with E-state index in [1.54, 1.807) is 6.20 Å². The Morgan fingerprint density at radius 2 is 1.92 bits per heavy atom. The summed E-state index contributed by atoms with van der Waals surface area (Å²) in [5.74, 6) is 1.76. The third-order valence-corrected chi connectivity index (χ3v) is 4.06. The second-order valence-corrected chi connectivity index (χ2v) is 5.90. The number of anilines is 2. The Morgan fingerprint density at radius 3 is 2.54 bits per heavy atom. The lowest BCUT2D eigenvalue weighted by atomic mass is 10.1. The van der Waals surface area contributed by atoms with Crippen molar-refractivity contribution in [3.8, 4) is 5.75 Å². The number of carbonyl (C=O) groups excluding carboxylic acids is 1. The van der Waals surface area contributed by atoms with Gasteiger partial charge in [0.2, 0.25) is 5.91 Å². The minimum absolute atomic E-state index is 0.0464. The van der Waals surface area contributed by atoms with E-state index in [0.717, 1.165) is 35.9 Å². The van der Waals surface area contributed by atoms with E-state index >= 15 is 0 Å². The molecule has 1 aromatic heterocycles. The highest BCUT2D eigenvalue weighted by molar-refractivity contribution is 5.92. The first-order valence-electron chi connectivity index (χ1n) is 8.47. The molecule has 0 atom stereocenters. The molecule has 5 nitrogen and oxygen atoms in total. The number of carbonyl (C=O) groups is 1. The van der Waals surface area contributed by atoms with Crippen LogP contribution in [0.25, 0.3) is 0 Å². The summed E-state index contributed by atoms with van der Waals surface area (Å²) >= 11 is 0. The van der Waals surface area contributed by atoms with Gasteiger partial charge >= 0.3 is 0 Å². The Kier molecular flexibility index (Phi) is 5.31. The van der Waals surface area contributed by atoms with Gasteiger partial charge < -0.3 is 15.0 Å². The van der Waals surface area contributed by atoms with Crippen molar-refractivity contribution in [3.05, 3.63) is 48.2 Å². The predicted molar refractivity (Wildman–Crippen MR) is 95.6 cm³/mol. The van der Waals surface area contributed by atoms with Gasteiger partial charge in [0.05, 0.1) is 24.9 Å². The van der Waals surface area contributed by atoms with Crippen molar-refractivity contribution in [1.29, 1.82) is 0 Å². The van der Waals surface area contributed by atoms with Crippen LogP contribution in [0.2, 0.25) is 0 Å². The van der Waals surface area contributed by atoms with Gasteiger partial charge in [0.1, 0.15) is 11.6 Å². The van der Waals surface area contributed by atoms with E-state index in [0.29, 0.717) is 13.0 Å². The van der Waals surface area contributed by atoms with Crippen molar-refractivity contribution in [2.24, 2.45) is 0 Å². The van der Waals surface area contributed by atoms with Crippen LogP contribution in [0.4, 0.5) is 11.5 Å². The lowest BCUT2D eigenvalue weighted by molar-refractivity contribution is -0.115. The molecule has 1 saturated heterocycles. The van der Waals surface area contributed by atoms with Gasteiger partial charge in [-0.2, -0.15) is 0 Å². The molecule has 1 aromatic carbocycles. The minimum Gasteiger partial charge on any atom is -0.494 e. The summed E-state index contributed by atoms with van der Waals surface area (Å²) in [7, 11) is 0. The first-order valence-corrected chi connectivity index (χ1v) is 8.47. The molecule has 1 N–H and O–H groups in total. The maximum Gasteiger partial charge on any atom is 0.228 e. The van der Waals surface area contributed by atoms with Crippen molar-refractivity contribution < 1.29 is 9.53 Å². The van der Waals surface area contributed by atoms with Gasteiger partial charge in [-0.05, 0) is 49.6 Å². The van der Waals surface area contributed by atoms with Gasteiger partial charge in [-0.25, -0.2) is 4.98 Å². The first kappa shape index (κ1) is 16.3. The standard InChI is InChI=1S/C19H23N3O2/c1-2-24-17-8-5-15(6-9-17)13-19(23)21-16-7-10-18(20-14-16)22-11-3-4-12-22/h5-10,14H,2-4,11-13H2,1H3,(H,21,23). The summed E-state index contributed by atoms with van der Waals surface area (Å²) in [6.07, 6.45) is 4.51. The molecule has 0 bridgehead atoms. The summed E-state index contributed by atoms with van der Waals surface area (Å²) in [5.41, 5.74) is 1.69. The maximum absolute atomic E-state index is 12.2. The van der Waals surface area contributed by atoms with E-state index in [1.807, 2.05) is 43.3 Å². The number of hydrogen-bond acceptors (Lipinski definition) is 4. The van der Waals surface area contributed by atoms with Crippen LogP contribution in [0.1, 0.15) is 25.3 Å². The zero-order chi connectivity index (χ0) is 16.8. The van der Waals surface area contributed by atoms with Gasteiger partial charge in [-0.15, -0.1) is 0 Å². The molecular formula is C19H23N3O2. The van der Waals surface area contributed by atoms with Crippen LogP contribution in [0.15, 0.2) is 42.6 Å². The Hall–Kier alpha value is -2.56. The number of benzene rings is 1. The molecule has 0 unspecified atom stereocenters. The number of nitrogens with one attached hydrogen (secondary N) is 1. The predicted octanol–water partition coefficient (Wildman–Crippen LogP) is 3.26. The van der Waals surface area contributed by atoms with Crippen LogP contribution in [0, 0.1) is 0 Å². The smallest absolute Gasteiger partial charge is 0.228 e. The fourth-order valence-electron chi connectivity index (χ4n) is 2.85. The fourth-order valence-corrected chi connectivity index (χ4v) is 2.85. The van der Waals surface area contributed by atoms with Gasteiger partial charge in [0.25, 0.3) is 0 Å². The van der Waals surface area contributed by atoms with Crippen LogP contribution >= 0.6 is 0 Å². The molecule has 2 heterocycles. The number of aromatic nitrogens is 1. The number of pyridine rings is 1. The summed E-state index contributed by atoms with van der Waals surface area (Å²) in [6, 6.07) is 11.5. The molecule has 1 fully saturated rings. The average molecular weight is 325 g/mol. The second-order valence-electron chi connectivity index (χ2n) is 5.90. The van der Waals surface area contributed by atoms with E-state index < -0.39 is 0 Å². The van der Waals surface area contributed by atoms with Crippen LogP contribution in [-0.4, -0.2) is 30.6 Å². The van der Waals surface area contributed by atoms with Gasteiger partial charge in [-0.1, -0.05) is 12.1 Å². The lowest BCUT2D eigenvalue weighted by Crippen LogP contribution is -2.19. The number of amides is 1. The molecule has 0 saturated carbocycles. The minimum atomic E-state index is -0.0464. The van der Waals surface area contributed by atoms with Crippen LogP contribution < -0.4 is 15.0 Å². The summed E-state index contributed by atoms with van der Waals surface area (Å²) in [4.78, 5) is 18.9. The Balaban J connectivity index is 1.54. The van der Waals surface area contributed by atoms with E-state index in [-0.39, 0.29) is 5.91 Å². The molecule has 0 spiro atoms. The monoisotopic (exact) mass is 325 g/mol. The number of nitrogens with zero attached hydrogens (tertiary/aromatic N) is 2. The summed E-state index contributed by atoms with van der Waals surface area (Å²) in [5, 5.41) is 2.90. The molecule has 1 aliphatic heterocycles. The zero-order valence-electron chi connectivity index (χ0n) is 14.0.